The number of aliphatic hydroxyl groups is 1. The first-order valence-corrected chi connectivity index (χ1v) is 5.19. The lowest BCUT2D eigenvalue weighted by molar-refractivity contribution is -0.139. The van der Waals surface area contributed by atoms with Crippen molar-refractivity contribution in [3.63, 3.8) is 0 Å². The van der Waals surface area contributed by atoms with E-state index in [-0.39, 0.29) is 10.6 Å². The number of aliphatic hydroxyl groups excluding tert-OH is 1. The molecule has 6 heteroatoms. The zero-order valence-corrected chi connectivity index (χ0v) is 10.2. The highest BCUT2D eigenvalue weighted by Gasteiger charge is 2.13. The van der Waals surface area contributed by atoms with Crippen LogP contribution < -0.4 is 0 Å². The number of carbonyl (C=O) groups is 2. The Bertz CT molecular complexity index is 494. The topological polar surface area (TPSA) is 63.6 Å². The lowest BCUT2D eigenvalue weighted by Crippen LogP contribution is -2.07. The highest BCUT2D eigenvalue weighted by Crippen LogP contribution is 2.21. The Hall–Kier alpha value is -1.52. The minimum Gasteiger partial charge on any atom is -0.502 e. The molecule has 0 aliphatic rings. The third-order valence-corrected chi connectivity index (χ3v) is 2.42. The van der Waals surface area contributed by atoms with Gasteiger partial charge < -0.3 is 9.84 Å². The van der Waals surface area contributed by atoms with Crippen LogP contribution in [0.25, 0.3) is 0 Å². The van der Waals surface area contributed by atoms with E-state index < -0.39 is 17.5 Å². The molecule has 0 radical (unpaired) electrons. The van der Waals surface area contributed by atoms with Crippen molar-refractivity contribution < 1.29 is 19.4 Å². The number of halogens is 2. The number of benzene rings is 1. The molecule has 0 fully saturated rings. The van der Waals surface area contributed by atoms with Gasteiger partial charge in [0.2, 0.25) is 5.76 Å². The Morgan fingerprint density at radius 1 is 1.35 bits per heavy atom. The number of methoxy groups -OCH3 is 1. The molecule has 0 saturated heterocycles. The van der Waals surface area contributed by atoms with Gasteiger partial charge in [0, 0.05) is 16.7 Å². The maximum atomic E-state index is 11.7. The zero-order valence-electron chi connectivity index (χ0n) is 8.74. The normalized spacial score (nSPS) is 11.1. The van der Waals surface area contributed by atoms with Crippen LogP contribution >= 0.6 is 23.2 Å². The molecule has 1 aromatic rings. The number of carbonyl (C=O) groups excluding carboxylic acids is 2. The summed E-state index contributed by atoms with van der Waals surface area (Å²) in [5, 5.41) is 9.70. The molecule has 0 saturated carbocycles. The average Bonchev–Trinajstić information content (AvgIpc) is 2.30. The Balaban J connectivity index is 3.05. The molecule has 0 aliphatic carbocycles. The quantitative estimate of drug-likeness (QED) is 0.398. The minimum atomic E-state index is -1.00. The van der Waals surface area contributed by atoms with Gasteiger partial charge in [-0.25, -0.2) is 4.79 Å². The number of esters is 1. The molecule has 0 aliphatic heterocycles. The first kappa shape index (κ1) is 13.5. The second-order valence-electron chi connectivity index (χ2n) is 3.01. The van der Waals surface area contributed by atoms with Gasteiger partial charge in [-0.15, -0.1) is 0 Å². The molecular formula is C11H8Cl2O4. The summed E-state index contributed by atoms with van der Waals surface area (Å²) >= 11 is 11.5. The van der Waals surface area contributed by atoms with Crippen molar-refractivity contribution in [3.05, 3.63) is 45.6 Å². The molecule has 0 aromatic heterocycles. The van der Waals surface area contributed by atoms with Crippen molar-refractivity contribution in [3.8, 4) is 0 Å². The molecule has 4 nitrogen and oxygen atoms in total. The molecular weight excluding hydrogens is 267 g/mol. The van der Waals surface area contributed by atoms with E-state index in [0.717, 1.165) is 13.2 Å². The number of rotatable bonds is 3. The summed E-state index contributed by atoms with van der Waals surface area (Å²) < 4.78 is 4.23. The van der Waals surface area contributed by atoms with Crippen LogP contribution in [0.2, 0.25) is 10.0 Å². The van der Waals surface area contributed by atoms with Crippen molar-refractivity contribution in [2.75, 3.05) is 7.11 Å². The van der Waals surface area contributed by atoms with E-state index in [1.165, 1.54) is 18.2 Å². The number of ketones is 1. The van der Waals surface area contributed by atoms with E-state index in [9.17, 15) is 14.7 Å². The Morgan fingerprint density at radius 3 is 2.59 bits per heavy atom. The zero-order chi connectivity index (χ0) is 13.0. The molecule has 0 amide bonds. The predicted molar refractivity (Wildman–Crippen MR) is 63.5 cm³/mol. The van der Waals surface area contributed by atoms with Crippen LogP contribution in [0.1, 0.15) is 10.4 Å². The largest absolute Gasteiger partial charge is 0.502 e. The molecule has 0 heterocycles. The van der Waals surface area contributed by atoms with Crippen LogP contribution in [0.5, 0.6) is 0 Å². The van der Waals surface area contributed by atoms with E-state index in [4.69, 9.17) is 23.2 Å². The lowest BCUT2D eigenvalue weighted by atomic mass is 10.1. The Kier molecular flexibility index (Phi) is 4.54. The minimum absolute atomic E-state index is 0.0922. The van der Waals surface area contributed by atoms with Crippen molar-refractivity contribution in [2.45, 2.75) is 0 Å². The summed E-state index contributed by atoms with van der Waals surface area (Å²) in [7, 11) is 1.09. The first-order chi connectivity index (χ1) is 7.95. The van der Waals surface area contributed by atoms with Gasteiger partial charge in [-0.05, 0) is 18.2 Å². The van der Waals surface area contributed by atoms with Crippen molar-refractivity contribution >= 4 is 35.0 Å². The molecule has 1 aromatic carbocycles. The second-order valence-corrected chi connectivity index (χ2v) is 3.85. The maximum Gasteiger partial charge on any atom is 0.373 e. The van der Waals surface area contributed by atoms with Gasteiger partial charge in [0.25, 0.3) is 0 Å². The van der Waals surface area contributed by atoms with Gasteiger partial charge in [0.1, 0.15) is 0 Å². The highest BCUT2D eigenvalue weighted by atomic mass is 35.5. The van der Waals surface area contributed by atoms with Crippen molar-refractivity contribution in [1.82, 2.24) is 0 Å². The number of allylic oxidation sites excluding steroid dienone is 1. The molecule has 0 unspecified atom stereocenters. The molecule has 1 N–H and O–H groups in total. The second kappa shape index (κ2) is 5.70. The summed E-state index contributed by atoms with van der Waals surface area (Å²) in [6, 6.07) is 4.30. The van der Waals surface area contributed by atoms with Gasteiger partial charge in [0.15, 0.2) is 5.78 Å². The van der Waals surface area contributed by atoms with Crippen molar-refractivity contribution in [2.24, 2.45) is 0 Å². The summed E-state index contributed by atoms with van der Waals surface area (Å²) in [5.74, 6) is -2.44. The fourth-order valence-corrected chi connectivity index (χ4v) is 1.43. The van der Waals surface area contributed by atoms with Gasteiger partial charge in [-0.3, -0.25) is 4.79 Å². The van der Waals surface area contributed by atoms with Gasteiger partial charge in [-0.2, -0.15) is 0 Å². The van der Waals surface area contributed by atoms with E-state index in [2.05, 4.69) is 4.74 Å². The lowest BCUT2D eigenvalue weighted by Gasteiger charge is -2.01. The van der Waals surface area contributed by atoms with Gasteiger partial charge in [0.05, 0.1) is 12.1 Å². The molecule has 0 atom stereocenters. The predicted octanol–water partition coefficient (Wildman–Crippen LogP) is 2.79. The number of hydrogen-bond acceptors (Lipinski definition) is 4. The maximum absolute atomic E-state index is 11.7. The van der Waals surface area contributed by atoms with Crippen LogP contribution in [0.15, 0.2) is 30.0 Å². The van der Waals surface area contributed by atoms with Crippen LogP contribution in [0.3, 0.4) is 0 Å². The average molecular weight is 275 g/mol. The van der Waals surface area contributed by atoms with Crippen LogP contribution in [-0.4, -0.2) is 24.0 Å². The third kappa shape index (κ3) is 3.47. The number of ether oxygens (including phenoxy) is 1. The van der Waals surface area contributed by atoms with Gasteiger partial charge in [-0.1, -0.05) is 23.2 Å². The molecule has 17 heavy (non-hydrogen) atoms. The first-order valence-electron chi connectivity index (χ1n) is 4.44. The van der Waals surface area contributed by atoms with E-state index in [1.54, 1.807) is 0 Å². The molecule has 1 rings (SSSR count). The fourth-order valence-electron chi connectivity index (χ4n) is 1.05. The van der Waals surface area contributed by atoms with Crippen LogP contribution in [0, 0.1) is 0 Å². The van der Waals surface area contributed by atoms with E-state index in [0.29, 0.717) is 5.02 Å². The molecule has 0 spiro atoms. The van der Waals surface area contributed by atoms with E-state index in [1.807, 2.05) is 0 Å². The molecule has 0 bridgehead atoms. The summed E-state index contributed by atoms with van der Waals surface area (Å²) in [5.41, 5.74) is 0.0922. The SMILES string of the molecule is COC(=O)C(O)=CC(=O)c1cc(Cl)ccc1Cl. The Morgan fingerprint density at radius 2 is 2.00 bits per heavy atom. The fraction of sp³-hybridized carbons (Fsp3) is 0.0909. The van der Waals surface area contributed by atoms with Crippen LogP contribution in [-0.2, 0) is 9.53 Å². The van der Waals surface area contributed by atoms with E-state index >= 15 is 0 Å². The molecule has 90 valence electrons. The summed E-state index contributed by atoms with van der Waals surface area (Å²) in [6.45, 7) is 0. The highest BCUT2D eigenvalue weighted by molar-refractivity contribution is 6.36. The van der Waals surface area contributed by atoms with Gasteiger partial charge >= 0.3 is 5.97 Å². The third-order valence-electron chi connectivity index (χ3n) is 1.86. The van der Waals surface area contributed by atoms with Crippen molar-refractivity contribution in [1.29, 1.82) is 0 Å². The number of hydrogen-bond donors (Lipinski definition) is 1. The standard InChI is InChI=1S/C11H8Cl2O4/c1-17-11(16)10(15)5-9(14)7-4-6(12)2-3-8(7)13/h2-5,15H,1H3. The monoisotopic (exact) mass is 274 g/mol. The summed E-state index contributed by atoms with van der Waals surface area (Å²) in [6.07, 6.45) is 0.726. The Labute approximate surface area is 107 Å². The van der Waals surface area contributed by atoms with Crippen LogP contribution in [0.4, 0.5) is 0 Å². The smallest absolute Gasteiger partial charge is 0.373 e. The summed E-state index contributed by atoms with van der Waals surface area (Å²) in [4.78, 5) is 22.5.